The van der Waals surface area contributed by atoms with Crippen LogP contribution in [0, 0.1) is 6.92 Å². The Balaban J connectivity index is 1.21. The lowest BCUT2D eigenvalue weighted by atomic mass is 10.2. The van der Waals surface area contributed by atoms with Crippen molar-refractivity contribution in [2.75, 3.05) is 75.3 Å². The lowest BCUT2D eigenvalue weighted by molar-refractivity contribution is -0.132. The first-order chi connectivity index (χ1) is 16.0. The fraction of sp³-hybridized carbons (Fsp3) is 0.480. The molecule has 1 aromatic heterocycles. The minimum absolute atomic E-state index is 0.212. The second kappa shape index (κ2) is 10.7. The normalized spacial score (nSPS) is 17.2. The maximum Gasteiger partial charge on any atom is 0.339 e. The molecule has 2 saturated heterocycles. The van der Waals surface area contributed by atoms with E-state index in [9.17, 15) is 9.59 Å². The molecule has 0 saturated carbocycles. The van der Waals surface area contributed by atoms with Gasteiger partial charge in [-0.25, -0.2) is 9.78 Å². The first kappa shape index (κ1) is 23.0. The number of piperazine rings is 2. The van der Waals surface area contributed by atoms with E-state index in [0.717, 1.165) is 58.2 Å². The monoisotopic (exact) mass is 451 g/mol. The molecule has 4 rings (SSSR count). The number of aryl methyl sites for hydroxylation is 1. The zero-order valence-corrected chi connectivity index (χ0v) is 19.6. The highest BCUT2D eigenvalue weighted by Gasteiger charge is 2.25. The lowest BCUT2D eigenvalue weighted by Crippen LogP contribution is -2.54. The highest BCUT2D eigenvalue weighted by Crippen LogP contribution is 2.18. The van der Waals surface area contributed by atoms with Crippen LogP contribution in [0.5, 0.6) is 0 Å². The van der Waals surface area contributed by atoms with Gasteiger partial charge < -0.3 is 19.4 Å². The van der Waals surface area contributed by atoms with Gasteiger partial charge in [-0.2, -0.15) is 0 Å². The van der Waals surface area contributed by atoms with Crippen molar-refractivity contribution in [2.24, 2.45) is 0 Å². The third-order valence-corrected chi connectivity index (χ3v) is 6.31. The van der Waals surface area contributed by atoms with Gasteiger partial charge in [-0.05, 0) is 43.7 Å². The molecule has 0 aliphatic carbocycles. The molecule has 8 nitrogen and oxygen atoms in total. The van der Waals surface area contributed by atoms with E-state index < -0.39 is 0 Å². The molecule has 0 N–H and O–H groups in total. The van der Waals surface area contributed by atoms with E-state index in [1.165, 1.54) is 11.3 Å². The summed E-state index contributed by atoms with van der Waals surface area (Å²) in [6.07, 6.45) is 1.57. The fourth-order valence-electron chi connectivity index (χ4n) is 4.37. The first-order valence-corrected chi connectivity index (χ1v) is 11.7. The number of nitrogens with zero attached hydrogens (tertiary/aromatic N) is 5. The van der Waals surface area contributed by atoms with Crippen LogP contribution in [0.1, 0.15) is 22.8 Å². The minimum Gasteiger partial charge on any atom is -0.462 e. The first-order valence-electron chi connectivity index (χ1n) is 11.7. The van der Waals surface area contributed by atoms with Gasteiger partial charge in [0.1, 0.15) is 5.82 Å². The van der Waals surface area contributed by atoms with Crippen molar-refractivity contribution >= 4 is 23.4 Å². The summed E-state index contributed by atoms with van der Waals surface area (Å²) in [6.45, 7) is 11.2. The summed E-state index contributed by atoms with van der Waals surface area (Å²) in [4.78, 5) is 37.8. The summed E-state index contributed by atoms with van der Waals surface area (Å²) in [5, 5.41) is 0. The third kappa shape index (κ3) is 5.82. The number of anilines is 2. The van der Waals surface area contributed by atoms with Crippen LogP contribution in [-0.4, -0.2) is 92.2 Å². The molecule has 0 radical (unpaired) electrons. The molecule has 1 aromatic carbocycles. The van der Waals surface area contributed by atoms with E-state index in [1.54, 1.807) is 19.2 Å². The number of hydrogen-bond donors (Lipinski definition) is 0. The third-order valence-electron chi connectivity index (χ3n) is 6.31. The lowest BCUT2D eigenvalue weighted by Gasteiger charge is -2.39. The molecule has 0 spiro atoms. The van der Waals surface area contributed by atoms with Crippen molar-refractivity contribution in [3.05, 3.63) is 53.7 Å². The summed E-state index contributed by atoms with van der Waals surface area (Å²) < 4.78 is 5.01. The van der Waals surface area contributed by atoms with Gasteiger partial charge in [0.15, 0.2) is 0 Å². The molecular formula is C25H33N5O3. The van der Waals surface area contributed by atoms with Gasteiger partial charge in [0.05, 0.1) is 18.7 Å². The zero-order chi connectivity index (χ0) is 23.2. The molecule has 33 heavy (non-hydrogen) atoms. The van der Waals surface area contributed by atoms with E-state index in [2.05, 4.69) is 50.9 Å². The van der Waals surface area contributed by atoms with Gasteiger partial charge in [0.2, 0.25) is 5.91 Å². The van der Waals surface area contributed by atoms with Gasteiger partial charge in [-0.3, -0.25) is 9.69 Å². The fourth-order valence-corrected chi connectivity index (χ4v) is 4.37. The number of amides is 1. The van der Waals surface area contributed by atoms with Crippen molar-refractivity contribution in [1.29, 1.82) is 0 Å². The highest BCUT2D eigenvalue weighted by atomic mass is 16.5. The summed E-state index contributed by atoms with van der Waals surface area (Å²) in [7, 11) is 0. The largest absolute Gasteiger partial charge is 0.462 e. The van der Waals surface area contributed by atoms with Gasteiger partial charge in [-0.1, -0.05) is 12.1 Å². The SMILES string of the molecule is CCOC(=O)c1ccc(N2CCN(CC(=O)N3CCN(c4cccc(C)c4)CC3)CC2)nc1. The Hall–Kier alpha value is -3.13. The predicted molar refractivity (Wildman–Crippen MR) is 129 cm³/mol. The van der Waals surface area contributed by atoms with Crippen LogP contribution >= 0.6 is 0 Å². The van der Waals surface area contributed by atoms with Gasteiger partial charge in [0, 0.05) is 64.2 Å². The van der Waals surface area contributed by atoms with Crippen molar-refractivity contribution in [1.82, 2.24) is 14.8 Å². The van der Waals surface area contributed by atoms with E-state index in [0.29, 0.717) is 18.7 Å². The standard InChI is InChI=1S/C25H33N5O3/c1-3-33-25(32)21-7-8-23(26-18-21)29-11-9-27(10-12-29)19-24(31)30-15-13-28(14-16-30)22-6-4-5-20(2)17-22/h4-8,17-18H,3,9-16,19H2,1-2H3. The zero-order valence-electron chi connectivity index (χ0n) is 19.6. The average Bonchev–Trinajstić information content (AvgIpc) is 2.85. The van der Waals surface area contributed by atoms with Gasteiger partial charge >= 0.3 is 5.97 Å². The molecule has 0 atom stereocenters. The molecule has 2 aliphatic heterocycles. The molecule has 1 amide bonds. The molecule has 3 heterocycles. The van der Waals surface area contributed by atoms with Crippen molar-refractivity contribution in [2.45, 2.75) is 13.8 Å². The molecule has 8 heteroatoms. The molecule has 2 aromatic rings. The summed E-state index contributed by atoms with van der Waals surface area (Å²) >= 11 is 0. The second-order valence-electron chi connectivity index (χ2n) is 8.60. The minimum atomic E-state index is -0.348. The summed E-state index contributed by atoms with van der Waals surface area (Å²) in [5.41, 5.74) is 2.96. The number of ether oxygens (including phenoxy) is 1. The Morgan fingerprint density at radius 2 is 1.67 bits per heavy atom. The Kier molecular flexibility index (Phi) is 7.44. The molecular weight excluding hydrogens is 418 g/mol. The van der Waals surface area contributed by atoms with Gasteiger partial charge in [-0.15, -0.1) is 0 Å². The Morgan fingerprint density at radius 3 is 2.30 bits per heavy atom. The average molecular weight is 452 g/mol. The maximum absolute atomic E-state index is 12.9. The summed E-state index contributed by atoms with van der Waals surface area (Å²) in [6, 6.07) is 12.2. The predicted octanol–water partition coefficient (Wildman–Crippen LogP) is 2.04. The number of rotatable bonds is 6. The number of benzene rings is 1. The quantitative estimate of drug-likeness (QED) is 0.623. The topological polar surface area (TPSA) is 69.2 Å². The molecule has 0 unspecified atom stereocenters. The van der Waals surface area contributed by atoms with Crippen LogP contribution in [0.15, 0.2) is 42.6 Å². The number of aromatic nitrogens is 1. The number of esters is 1. The van der Waals surface area contributed by atoms with Crippen LogP contribution in [0.25, 0.3) is 0 Å². The number of carbonyl (C=O) groups excluding carboxylic acids is 2. The van der Waals surface area contributed by atoms with E-state index in [-0.39, 0.29) is 11.9 Å². The molecule has 176 valence electrons. The van der Waals surface area contributed by atoms with E-state index in [4.69, 9.17) is 4.74 Å². The Morgan fingerprint density at radius 1 is 0.939 bits per heavy atom. The van der Waals surface area contributed by atoms with Crippen LogP contribution in [0.3, 0.4) is 0 Å². The molecule has 2 aliphatic rings. The van der Waals surface area contributed by atoms with Crippen LogP contribution in [-0.2, 0) is 9.53 Å². The Labute approximate surface area is 195 Å². The van der Waals surface area contributed by atoms with Crippen LogP contribution < -0.4 is 9.80 Å². The molecule has 2 fully saturated rings. The highest BCUT2D eigenvalue weighted by molar-refractivity contribution is 5.89. The second-order valence-corrected chi connectivity index (χ2v) is 8.60. The summed E-state index contributed by atoms with van der Waals surface area (Å²) in [5.74, 6) is 0.713. The maximum atomic E-state index is 12.9. The molecule has 0 bridgehead atoms. The van der Waals surface area contributed by atoms with Crippen LogP contribution in [0.2, 0.25) is 0 Å². The van der Waals surface area contributed by atoms with E-state index >= 15 is 0 Å². The Bertz CT molecular complexity index is 949. The van der Waals surface area contributed by atoms with Crippen molar-refractivity contribution < 1.29 is 14.3 Å². The number of hydrogen-bond acceptors (Lipinski definition) is 7. The van der Waals surface area contributed by atoms with Crippen molar-refractivity contribution in [3.8, 4) is 0 Å². The van der Waals surface area contributed by atoms with Gasteiger partial charge in [0.25, 0.3) is 0 Å². The van der Waals surface area contributed by atoms with Crippen molar-refractivity contribution in [3.63, 3.8) is 0 Å². The number of carbonyl (C=O) groups is 2. The van der Waals surface area contributed by atoms with E-state index in [1.807, 2.05) is 11.0 Å². The van der Waals surface area contributed by atoms with Crippen LogP contribution in [0.4, 0.5) is 11.5 Å². The smallest absolute Gasteiger partial charge is 0.339 e. The number of pyridine rings is 1.